The van der Waals surface area contributed by atoms with Gasteiger partial charge in [-0.05, 0) is 66.9 Å². The first-order valence-electron chi connectivity index (χ1n) is 11.8. The number of anilines is 1. The zero-order chi connectivity index (χ0) is 25.0. The molecule has 1 saturated carbocycles. The van der Waals surface area contributed by atoms with E-state index in [4.69, 9.17) is 4.74 Å². The van der Waals surface area contributed by atoms with Crippen LogP contribution in [0.5, 0.6) is 5.75 Å². The molecule has 0 unspecified atom stereocenters. The third-order valence-electron chi connectivity index (χ3n) is 6.67. The molecule has 11 heteroatoms. The quantitative estimate of drug-likeness (QED) is 0.420. The molecule has 1 fully saturated rings. The van der Waals surface area contributed by atoms with Crippen LogP contribution in [0.4, 0.5) is 10.1 Å². The number of aromatic nitrogens is 6. The number of carbonyl (C=O) groups is 1. The number of benzene rings is 2. The number of rotatable bonds is 5. The Hall–Kier alpha value is -4.12. The fourth-order valence-corrected chi connectivity index (χ4v) is 4.51. The lowest BCUT2D eigenvalue weighted by molar-refractivity contribution is 0.0901. The predicted octanol–water partition coefficient (Wildman–Crippen LogP) is 4.05. The van der Waals surface area contributed by atoms with Crippen LogP contribution >= 0.6 is 0 Å². The number of ether oxygens (including phenoxy) is 1. The molecule has 0 radical (unpaired) electrons. The summed E-state index contributed by atoms with van der Waals surface area (Å²) in [5, 5.41) is 24.8. The van der Waals surface area contributed by atoms with E-state index in [9.17, 15) is 14.3 Å². The van der Waals surface area contributed by atoms with Crippen molar-refractivity contribution in [3.05, 3.63) is 65.5 Å². The summed E-state index contributed by atoms with van der Waals surface area (Å²) in [6, 6.07) is 7.52. The highest BCUT2D eigenvalue weighted by Gasteiger charge is 2.31. The van der Waals surface area contributed by atoms with E-state index in [1.807, 2.05) is 10.8 Å². The van der Waals surface area contributed by atoms with Gasteiger partial charge in [0.05, 0.1) is 40.6 Å². The van der Waals surface area contributed by atoms with Crippen molar-refractivity contribution in [2.75, 3.05) is 11.9 Å². The van der Waals surface area contributed by atoms with Crippen LogP contribution < -0.4 is 10.1 Å². The van der Waals surface area contributed by atoms with Gasteiger partial charge in [-0.2, -0.15) is 0 Å². The molecule has 37 heavy (non-hydrogen) atoms. The van der Waals surface area contributed by atoms with Crippen molar-refractivity contribution in [2.45, 2.75) is 52.2 Å². The Balaban J connectivity index is 0.00000280. The summed E-state index contributed by atoms with van der Waals surface area (Å²) >= 11 is 0. The molecule has 0 spiro atoms. The topological polar surface area (TPSA) is 120 Å². The van der Waals surface area contributed by atoms with Gasteiger partial charge in [0.2, 0.25) is 0 Å². The molecule has 2 N–H and O–H groups in total. The van der Waals surface area contributed by atoms with Gasteiger partial charge in [0.1, 0.15) is 18.5 Å². The molecule has 1 aliphatic heterocycles. The zero-order valence-corrected chi connectivity index (χ0v) is 19.7. The number of tetrazole rings is 1. The first kappa shape index (κ1) is 24.6. The first-order chi connectivity index (χ1) is 17.4. The van der Waals surface area contributed by atoms with E-state index in [1.54, 1.807) is 38.4 Å². The minimum Gasteiger partial charge on any atom is -0.488 e. The largest absolute Gasteiger partial charge is 0.488 e. The van der Waals surface area contributed by atoms with E-state index >= 15 is 0 Å². The number of aliphatic hydroxyl groups is 1. The van der Waals surface area contributed by atoms with Gasteiger partial charge in [-0.1, -0.05) is 13.5 Å². The smallest absolute Gasteiger partial charge is 0.258 e. The molecule has 10 nitrogen and oxygen atoms in total. The van der Waals surface area contributed by atoms with Crippen LogP contribution in [-0.4, -0.2) is 53.5 Å². The van der Waals surface area contributed by atoms with Crippen LogP contribution in [-0.2, 0) is 0 Å². The molecular formula is C26H28FN7O3. The van der Waals surface area contributed by atoms with Gasteiger partial charge >= 0.3 is 0 Å². The van der Waals surface area contributed by atoms with Crippen molar-refractivity contribution in [3.8, 4) is 22.8 Å². The van der Waals surface area contributed by atoms with Gasteiger partial charge in [0, 0.05) is 12.1 Å². The van der Waals surface area contributed by atoms with Crippen LogP contribution in [0.3, 0.4) is 0 Å². The summed E-state index contributed by atoms with van der Waals surface area (Å²) in [6.45, 7) is 3.51. The number of aryl methyl sites for hydroxylation is 1. The van der Waals surface area contributed by atoms with Crippen LogP contribution in [0.1, 0.15) is 60.8 Å². The van der Waals surface area contributed by atoms with Crippen molar-refractivity contribution < 1.29 is 19.0 Å². The summed E-state index contributed by atoms with van der Waals surface area (Å²) in [5.74, 6) is -0.0135. The minimum atomic E-state index is -0.775. The summed E-state index contributed by atoms with van der Waals surface area (Å²) in [6.07, 6.45) is 5.11. The van der Waals surface area contributed by atoms with E-state index in [2.05, 4.69) is 25.8 Å². The van der Waals surface area contributed by atoms with E-state index < -0.39 is 23.9 Å². The second-order valence-electron chi connectivity index (χ2n) is 9.30. The number of nitrogens with zero attached hydrogens (tertiary/aromatic N) is 6. The van der Waals surface area contributed by atoms with Gasteiger partial charge in [-0.3, -0.25) is 4.79 Å². The molecule has 1 amide bonds. The average Bonchev–Trinajstić information content (AvgIpc) is 3.43. The van der Waals surface area contributed by atoms with Crippen LogP contribution in [0.15, 0.2) is 42.9 Å². The number of amides is 1. The molecular weight excluding hydrogens is 477 g/mol. The van der Waals surface area contributed by atoms with Crippen LogP contribution in [0.25, 0.3) is 17.1 Å². The highest BCUT2D eigenvalue weighted by molar-refractivity contribution is 6.06. The number of nitrogens with one attached hydrogen (secondary N) is 1. The maximum absolute atomic E-state index is 15.0. The SMILES string of the molecule is C.Cc1cc(F)c(C(=O)Nc2cccc3c2OC[C@@H]([C@H](C)O)n2nnnc2-3)cc1-n1cnc(C2CC2)c1. The molecule has 4 aromatic rings. The third kappa shape index (κ3) is 4.35. The van der Waals surface area contributed by atoms with Crippen molar-refractivity contribution in [1.29, 1.82) is 0 Å². The molecule has 3 heterocycles. The summed E-state index contributed by atoms with van der Waals surface area (Å²) in [5.41, 5.74) is 3.18. The molecule has 192 valence electrons. The molecule has 2 aromatic heterocycles. The van der Waals surface area contributed by atoms with Crippen molar-refractivity contribution in [1.82, 2.24) is 29.8 Å². The lowest BCUT2D eigenvalue weighted by atomic mass is 10.1. The number of halogens is 1. The van der Waals surface area contributed by atoms with Crippen molar-refractivity contribution in [2.24, 2.45) is 0 Å². The lowest BCUT2D eigenvalue weighted by Crippen LogP contribution is -2.27. The fourth-order valence-electron chi connectivity index (χ4n) is 4.51. The van der Waals surface area contributed by atoms with Gasteiger partial charge < -0.3 is 19.7 Å². The second-order valence-corrected chi connectivity index (χ2v) is 9.30. The van der Waals surface area contributed by atoms with E-state index in [0.717, 1.165) is 18.5 Å². The number of aliphatic hydroxyl groups excluding tert-OH is 1. The van der Waals surface area contributed by atoms with E-state index in [-0.39, 0.29) is 19.6 Å². The van der Waals surface area contributed by atoms with Crippen molar-refractivity contribution >= 4 is 11.6 Å². The summed E-state index contributed by atoms with van der Waals surface area (Å²) in [4.78, 5) is 17.7. The predicted molar refractivity (Wildman–Crippen MR) is 134 cm³/mol. The number of hydrogen-bond acceptors (Lipinski definition) is 7. The standard InChI is InChI=1S/C25H24FN7O3.CH4/c1-13-8-18(26)17(9-21(13)32-10-20(27-12-32)15-6-7-15)25(35)28-19-5-3-4-16-23(19)36-11-22(14(2)34)33-24(16)29-30-31-33;/h3-5,8-10,12,14-15,22,34H,6-7,11H2,1-2H3,(H,28,35);1H4/t14-,22-;/m0./s1. The second kappa shape index (κ2) is 9.40. The Morgan fingerprint density at radius 3 is 2.86 bits per heavy atom. The number of fused-ring (bicyclic) bond motifs is 3. The Morgan fingerprint density at radius 2 is 2.11 bits per heavy atom. The van der Waals surface area contributed by atoms with Gasteiger partial charge in [-0.15, -0.1) is 5.10 Å². The summed E-state index contributed by atoms with van der Waals surface area (Å²) in [7, 11) is 0. The number of hydrogen-bond donors (Lipinski definition) is 2. The third-order valence-corrected chi connectivity index (χ3v) is 6.67. The number of imidazole rings is 1. The van der Waals surface area contributed by atoms with Crippen molar-refractivity contribution in [3.63, 3.8) is 0 Å². The zero-order valence-electron chi connectivity index (χ0n) is 19.7. The normalized spacial score (nSPS) is 17.0. The number of para-hydroxylation sites is 1. The van der Waals surface area contributed by atoms with Gasteiger partial charge in [0.15, 0.2) is 11.6 Å². The lowest BCUT2D eigenvalue weighted by Gasteiger charge is -2.18. The van der Waals surface area contributed by atoms with E-state index in [0.29, 0.717) is 40.0 Å². The molecule has 2 aromatic carbocycles. The Bertz CT molecular complexity index is 1470. The molecule has 0 bridgehead atoms. The first-order valence-corrected chi connectivity index (χ1v) is 11.8. The Kier molecular flexibility index (Phi) is 6.24. The van der Waals surface area contributed by atoms with Gasteiger partial charge in [0.25, 0.3) is 5.91 Å². The fraction of sp³-hybridized carbons (Fsp3) is 0.346. The summed E-state index contributed by atoms with van der Waals surface area (Å²) < 4.78 is 24.3. The highest BCUT2D eigenvalue weighted by atomic mass is 19.1. The van der Waals surface area contributed by atoms with E-state index in [1.165, 1.54) is 16.8 Å². The molecule has 2 aliphatic rings. The maximum Gasteiger partial charge on any atom is 0.258 e. The Morgan fingerprint density at radius 1 is 1.30 bits per heavy atom. The highest BCUT2D eigenvalue weighted by Crippen LogP contribution is 2.40. The number of carbonyl (C=O) groups excluding carboxylic acids is 1. The molecule has 6 rings (SSSR count). The molecule has 2 atom stereocenters. The van der Waals surface area contributed by atoms with Crippen LogP contribution in [0, 0.1) is 12.7 Å². The average molecular weight is 506 g/mol. The monoisotopic (exact) mass is 505 g/mol. The minimum absolute atomic E-state index is 0. The Labute approximate surface area is 213 Å². The molecule has 0 saturated heterocycles. The van der Waals surface area contributed by atoms with Crippen LogP contribution in [0.2, 0.25) is 0 Å². The van der Waals surface area contributed by atoms with Gasteiger partial charge in [-0.25, -0.2) is 14.1 Å². The maximum atomic E-state index is 15.0. The molecule has 1 aliphatic carbocycles.